The van der Waals surface area contributed by atoms with Crippen molar-refractivity contribution in [2.75, 3.05) is 24.6 Å². The molecule has 0 fully saturated rings. The number of primary sulfonamides is 2. The number of unbranched alkanes of at least 4 members (excludes halogenated alkanes) is 20. The van der Waals surface area contributed by atoms with Crippen molar-refractivity contribution in [3.05, 3.63) is 0 Å². The highest BCUT2D eigenvalue weighted by Crippen LogP contribution is 2.61. The Balaban J connectivity index is -0.00000108. The van der Waals surface area contributed by atoms with Crippen LogP contribution < -0.4 is 10.3 Å². The SMILES string of the molecule is CCCCCCCCCCCCCC[P+](CCCCCC)(CCCCCC)CCCCCC.NS(=O)(=O)C(F)(F)F.NS(=O)(=O)C(F)(F)F. The van der Waals surface area contributed by atoms with Crippen molar-refractivity contribution in [1.82, 2.24) is 0 Å². The molecule has 0 atom stereocenters. The molecule has 0 saturated carbocycles. The van der Waals surface area contributed by atoms with Crippen LogP contribution in [0.3, 0.4) is 0 Å². The Morgan fingerprint density at radius 3 is 0.673 bits per heavy atom. The normalized spacial score (nSPS) is 12.7. The highest BCUT2D eigenvalue weighted by molar-refractivity contribution is 7.90. The minimum Gasteiger partial charge on any atom is -0.221 e. The zero-order chi connectivity index (χ0) is 38.3. The molecule has 0 aliphatic heterocycles. The van der Waals surface area contributed by atoms with Crippen molar-refractivity contribution in [2.45, 2.75) is 193 Å². The Labute approximate surface area is 297 Å². The van der Waals surface area contributed by atoms with Crippen molar-refractivity contribution >= 4 is 27.3 Å². The van der Waals surface area contributed by atoms with Crippen molar-refractivity contribution in [2.24, 2.45) is 10.3 Å². The first-order chi connectivity index (χ1) is 22.7. The first-order valence-corrected chi connectivity index (χ1v) is 24.4. The van der Waals surface area contributed by atoms with Gasteiger partial charge in [0.25, 0.3) is 0 Å². The molecule has 0 heterocycles. The van der Waals surface area contributed by atoms with Crippen LogP contribution in [-0.4, -0.2) is 52.5 Å². The van der Waals surface area contributed by atoms with Crippen LogP contribution in [0.1, 0.15) is 182 Å². The predicted molar refractivity (Wildman–Crippen MR) is 198 cm³/mol. The Morgan fingerprint density at radius 1 is 0.367 bits per heavy atom. The minimum absolute atomic E-state index is 0.697. The largest absolute Gasteiger partial charge is 0.511 e. The highest BCUT2D eigenvalue weighted by atomic mass is 32.2. The molecule has 0 aliphatic rings. The van der Waals surface area contributed by atoms with E-state index in [1.807, 2.05) is 0 Å². The second-order valence-corrected chi connectivity index (χ2v) is 20.9. The molecule has 0 spiro atoms. The molecule has 15 heteroatoms. The van der Waals surface area contributed by atoms with Gasteiger partial charge in [0.15, 0.2) is 0 Å². The molecule has 0 rings (SSSR count). The Hall–Kier alpha value is -0.170. The molecular weight excluding hydrogens is 709 g/mol. The monoisotopic (exact) mass is 781 g/mol. The maximum absolute atomic E-state index is 10.8. The summed E-state index contributed by atoms with van der Waals surface area (Å²) in [5.41, 5.74) is -10.6. The summed E-state index contributed by atoms with van der Waals surface area (Å²) in [7, 11) is -11.4. The average molecular weight is 782 g/mol. The lowest BCUT2D eigenvalue weighted by atomic mass is 10.1. The molecule has 4 N–H and O–H groups in total. The van der Waals surface area contributed by atoms with Gasteiger partial charge in [-0.25, -0.2) is 27.1 Å². The summed E-state index contributed by atoms with van der Waals surface area (Å²) in [5, 5.41) is 7.32. The van der Waals surface area contributed by atoms with E-state index in [0.717, 1.165) is 0 Å². The van der Waals surface area contributed by atoms with Gasteiger partial charge in [-0.05, 0) is 51.4 Å². The standard InChI is InChI=1S/C32H68P.2CH2F3NO2S/c1-5-9-13-17-18-19-20-21-22-23-24-28-32-33(29-25-14-10-6-2,30-26-15-11-7-3)31-27-16-12-8-4;2*2-1(3,4)8(5,6)7/h5-32H2,1-4H3;2*(H2,5,6,7)/q+1;;. The third-order valence-corrected chi connectivity index (χ3v) is 14.9. The summed E-state index contributed by atoms with van der Waals surface area (Å²) >= 11 is 0. The van der Waals surface area contributed by atoms with Crippen molar-refractivity contribution in [3.63, 3.8) is 0 Å². The van der Waals surface area contributed by atoms with Crippen LogP contribution in [0.25, 0.3) is 0 Å². The van der Waals surface area contributed by atoms with Crippen LogP contribution >= 0.6 is 7.26 Å². The number of nitrogens with two attached hydrogens (primary N) is 2. The molecule has 6 nitrogen and oxygen atoms in total. The van der Waals surface area contributed by atoms with Crippen LogP contribution in [0.15, 0.2) is 0 Å². The Kier molecular flexibility index (Phi) is 34.0. The molecule has 0 unspecified atom stereocenters. The van der Waals surface area contributed by atoms with Gasteiger partial charge in [0.1, 0.15) is 0 Å². The van der Waals surface area contributed by atoms with E-state index < -0.39 is 38.3 Å². The summed E-state index contributed by atoms with van der Waals surface area (Å²) in [6, 6.07) is 0. The van der Waals surface area contributed by atoms with Crippen molar-refractivity contribution < 1.29 is 43.2 Å². The van der Waals surface area contributed by atoms with E-state index in [4.69, 9.17) is 0 Å². The first kappa shape index (κ1) is 53.2. The molecular formula is C34H72F6N2O4PS2+. The van der Waals surface area contributed by atoms with Crippen LogP contribution in [-0.2, 0) is 20.0 Å². The van der Waals surface area contributed by atoms with E-state index in [1.54, 1.807) is 50.3 Å². The summed E-state index contributed by atoms with van der Waals surface area (Å²) < 4.78 is 102. The topological polar surface area (TPSA) is 120 Å². The highest BCUT2D eigenvalue weighted by Gasteiger charge is 2.43. The number of sulfonamides is 2. The fourth-order valence-electron chi connectivity index (χ4n) is 5.58. The van der Waals surface area contributed by atoms with Gasteiger partial charge in [0.05, 0.1) is 24.6 Å². The fraction of sp³-hybridized carbons (Fsp3) is 1.00. The lowest BCUT2D eigenvalue weighted by Crippen LogP contribution is -2.30. The third kappa shape index (κ3) is 34.7. The zero-order valence-electron chi connectivity index (χ0n) is 31.1. The molecule has 0 radical (unpaired) electrons. The van der Waals surface area contributed by atoms with E-state index in [0.29, 0.717) is 0 Å². The lowest BCUT2D eigenvalue weighted by molar-refractivity contribution is -0.0441. The molecule has 0 saturated heterocycles. The second-order valence-electron chi connectivity index (χ2n) is 13.3. The van der Waals surface area contributed by atoms with Crippen molar-refractivity contribution in [3.8, 4) is 0 Å². The first-order valence-electron chi connectivity index (χ1n) is 18.8. The molecule has 0 aromatic carbocycles. The van der Waals surface area contributed by atoms with Crippen LogP contribution in [0.5, 0.6) is 0 Å². The summed E-state index contributed by atoms with van der Waals surface area (Å²) in [6.45, 7) is 9.41. The third-order valence-electron chi connectivity index (χ3n) is 8.59. The predicted octanol–water partition coefficient (Wildman–Crippen LogP) is 12.0. The van der Waals surface area contributed by atoms with Gasteiger partial charge in [-0.3, -0.25) is 0 Å². The maximum Gasteiger partial charge on any atom is 0.511 e. The second kappa shape index (κ2) is 31.4. The van der Waals surface area contributed by atoms with E-state index in [-0.39, 0.29) is 0 Å². The smallest absolute Gasteiger partial charge is 0.221 e. The molecule has 0 amide bonds. The van der Waals surface area contributed by atoms with Gasteiger partial charge >= 0.3 is 31.1 Å². The van der Waals surface area contributed by atoms with E-state index in [1.165, 1.54) is 128 Å². The lowest BCUT2D eigenvalue weighted by Gasteiger charge is -2.28. The van der Waals surface area contributed by atoms with Gasteiger partial charge in [-0.1, -0.05) is 130 Å². The van der Waals surface area contributed by atoms with E-state index in [9.17, 15) is 43.2 Å². The van der Waals surface area contributed by atoms with Crippen LogP contribution in [0.2, 0.25) is 0 Å². The number of rotatable bonds is 28. The van der Waals surface area contributed by atoms with Gasteiger partial charge in [0, 0.05) is 7.26 Å². The summed E-state index contributed by atoms with van der Waals surface area (Å²) in [5.74, 6) is 0. The molecule has 300 valence electrons. The number of alkyl halides is 6. The Morgan fingerprint density at radius 2 is 0.510 bits per heavy atom. The average Bonchev–Trinajstić information content (AvgIpc) is 2.99. The number of hydrogen-bond acceptors (Lipinski definition) is 4. The minimum atomic E-state index is -5.34. The molecule has 49 heavy (non-hydrogen) atoms. The quantitative estimate of drug-likeness (QED) is 0.0466. The molecule has 0 bridgehead atoms. The molecule has 0 aromatic heterocycles. The Bertz CT molecular complexity index is 878. The molecule has 0 aromatic rings. The number of hydrogen-bond donors (Lipinski definition) is 2. The van der Waals surface area contributed by atoms with Gasteiger partial charge in [-0.15, -0.1) is 0 Å². The van der Waals surface area contributed by atoms with E-state index in [2.05, 4.69) is 38.0 Å². The number of halogens is 6. The van der Waals surface area contributed by atoms with Crippen molar-refractivity contribution in [1.29, 1.82) is 0 Å². The van der Waals surface area contributed by atoms with Gasteiger partial charge in [0.2, 0.25) is 0 Å². The van der Waals surface area contributed by atoms with Gasteiger partial charge < -0.3 is 0 Å². The summed E-state index contributed by atoms with van der Waals surface area (Å²) in [4.78, 5) is 0. The van der Waals surface area contributed by atoms with Crippen LogP contribution in [0.4, 0.5) is 26.3 Å². The molecule has 0 aliphatic carbocycles. The maximum atomic E-state index is 10.8. The van der Waals surface area contributed by atoms with Gasteiger partial charge in [-0.2, -0.15) is 26.3 Å². The van der Waals surface area contributed by atoms with Crippen LogP contribution in [0, 0.1) is 0 Å². The fourth-order valence-corrected chi connectivity index (χ4v) is 10.5. The summed E-state index contributed by atoms with van der Waals surface area (Å²) in [6.07, 6.45) is 42.1. The zero-order valence-corrected chi connectivity index (χ0v) is 33.6. The van der Waals surface area contributed by atoms with E-state index >= 15 is 0 Å².